The third-order valence-corrected chi connectivity index (χ3v) is 4.78. The van der Waals surface area contributed by atoms with E-state index in [0.29, 0.717) is 21.3 Å². The lowest BCUT2D eigenvalue weighted by molar-refractivity contribution is -0.386. The van der Waals surface area contributed by atoms with Crippen LogP contribution in [0.25, 0.3) is 6.08 Å². The number of amides is 1. The summed E-state index contributed by atoms with van der Waals surface area (Å²) in [6.07, 6.45) is 3.30. The minimum absolute atomic E-state index is 0.0306. The number of aromatic hydroxyl groups is 1. The molecule has 1 aliphatic heterocycles. The Labute approximate surface area is 148 Å². The monoisotopic (exact) mass is 368 g/mol. The highest BCUT2D eigenvalue weighted by Gasteiger charge is 2.31. The summed E-state index contributed by atoms with van der Waals surface area (Å²) in [5.41, 5.74) is -0.102. The molecule has 1 saturated heterocycles. The van der Waals surface area contributed by atoms with Crippen molar-refractivity contribution in [2.45, 2.75) is 19.8 Å². The van der Waals surface area contributed by atoms with Crippen LogP contribution in [0.15, 0.2) is 17.0 Å². The van der Waals surface area contributed by atoms with Gasteiger partial charge in [0.2, 0.25) is 5.75 Å². The van der Waals surface area contributed by atoms with Crippen LogP contribution in [0.1, 0.15) is 25.3 Å². The van der Waals surface area contributed by atoms with Crippen molar-refractivity contribution < 1.29 is 19.6 Å². The highest BCUT2D eigenvalue weighted by Crippen LogP contribution is 2.39. The van der Waals surface area contributed by atoms with Gasteiger partial charge in [-0.2, -0.15) is 0 Å². The molecule has 0 aromatic heterocycles. The van der Waals surface area contributed by atoms with Gasteiger partial charge in [0, 0.05) is 12.6 Å². The summed E-state index contributed by atoms with van der Waals surface area (Å²) in [6.45, 7) is 2.58. The molecule has 9 heteroatoms. The number of benzene rings is 1. The van der Waals surface area contributed by atoms with E-state index in [4.69, 9.17) is 17.0 Å². The van der Waals surface area contributed by atoms with E-state index in [2.05, 4.69) is 0 Å². The van der Waals surface area contributed by atoms with Gasteiger partial charge in [-0.15, -0.1) is 0 Å². The first-order valence-electron chi connectivity index (χ1n) is 7.19. The topological polar surface area (TPSA) is 92.9 Å². The fourth-order valence-electron chi connectivity index (χ4n) is 2.15. The van der Waals surface area contributed by atoms with Gasteiger partial charge < -0.3 is 9.84 Å². The Kier molecular flexibility index (Phi) is 5.79. The molecule has 1 amide bonds. The zero-order valence-corrected chi connectivity index (χ0v) is 14.8. The number of unbranched alkanes of at least 4 members (excludes halogenated alkanes) is 1. The van der Waals surface area contributed by atoms with Crippen LogP contribution in [0.5, 0.6) is 11.5 Å². The number of methoxy groups -OCH3 is 1. The molecule has 1 fully saturated rings. The molecule has 0 radical (unpaired) electrons. The number of nitro benzene ring substituents is 1. The predicted molar refractivity (Wildman–Crippen MR) is 96.1 cm³/mol. The average Bonchev–Trinajstić information content (AvgIpc) is 2.80. The summed E-state index contributed by atoms with van der Waals surface area (Å²) in [5, 5.41) is 20.8. The lowest BCUT2D eigenvalue weighted by atomic mass is 10.1. The molecule has 0 spiro atoms. The molecule has 2 rings (SSSR count). The van der Waals surface area contributed by atoms with Crippen molar-refractivity contribution in [2.75, 3.05) is 13.7 Å². The van der Waals surface area contributed by atoms with Crippen molar-refractivity contribution in [3.05, 3.63) is 32.7 Å². The molecule has 0 bridgehead atoms. The molecule has 7 nitrogen and oxygen atoms in total. The molecule has 0 aliphatic carbocycles. The van der Waals surface area contributed by atoms with Crippen molar-refractivity contribution in [2.24, 2.45) is 0 Å². The summed E-state index contributed by atoms with van der Waals surface area (Å²) in [4.78, 5) is 24.6. The Morgan fingerprint density at radius 1 is 1.50 bits per heavy atom. The van der Waals surface area contributed by atoms with E-state index in [9.17, 15) is 20.0 Å². The van der Waals surface area contributed by atoms with E-state index in [-0.39, 0.29) is 11.7 Å². The standard InChI is InChI=1S/C15H16N2O5S2/c1-3-4-5-16-14(19)12(24-15(16)23)8-9-6-10(17(20)21)13(18)11(7-9)22-2/h6-8,18H,3-5H2,1-2H3/b12-8+. The first-order chi connectivity index (χ1) is 11.4. The van der Waals surface area contributed by atoms with Gasteiger partial charge >= 0.3 is 5.69 Å². The number of hydrogen-bond acceptors (Lipinski definition) is 7. The fourth-order valence-corrected chi connectivity index (χ4v) is 3.46. The van der Waals surface area contributed by atoms with Crippen LogP contribution in [-0.2, 0) is 4.79 Å². The van der Waals surface area contributed by atoms with Gasteiger partial charge in [0.1, 0.15) is 4.32 Å². The van der Waals surface area contributed by atoms with Crippen LogP contribution >= 0.6 is 24.0 Å². The van der Waals surface area contributed by atoms with Crippen molar-refractivity contribution in [1.29, 1.82) is 0 Å². The Morgan fingerprint density at radius 2 is 2.21 bits per heavy atom. The fraction of sp³-hybridized carbons (Fsp3) is 0.333. The highest BCUT2D eigenvalue weighted by atomic mass is 32.2. The average molecular weight is 368 g/mol. The van der Waals surface area contributed by atoms with Crippen LogP contribution in [-0.4, -0.2) is 38.8 Å². The van der Waals surface area contributed by atoms with Gasteiger partial charge in [0.05, 0.1) is 16.9 Å². The quantitative estimate of drug-likeness (QED) is 0.356. The molecule has 1 aromatic rings. The van der Waals surface area contributed by atoms with E-state index in [1.807, 2.05) is 6.92 Å². The Morgan fingerprint density at radius 3 is 2.79 bits per heavy atom. The van der Waals surface area contributed by atoms with Crippen molar-refractivity contribution >= 4 is 46.0 Å². The molecule has 1 N–H and O–H groups in total. The Balaban J connectivity index is 2.38. The number of carbonyl (C=O) groups is 1. The molecular formula is C15H16N2O5S2. The third kappa shape index (κ3) is 3.68. The van der Waals surface area contributed by atoms with E-state index in [0.717, 1.165) is 24.6 Å². The molecule has 1 aliphatic rings. The first kappa shape index (κ1) is 18.2. The number of hydrogen-bond donors (Lipinski definition) is 1. The highest BCUT2D eigenvalue weighted by molar-refractivity contribution is 8.26. The van der Waals surface area contributed by atoms with Crippen molar-refractivity contribution in [3.63, 3.8) is 0 Å². The van der Waals surface area contributed by atoms with Gasteiger partial charge in [-0.25, -0.2) is 0 Å². The maximum atomic E-state index is 12.4. The van der Waals surface area contributed by atoms with Crippen LogP contribution in [0, 0.1) is 10.1 Å². The van der Waals surface area contributed by atoms with Crippen LogP contribution in [0.3, 0.4) is 0 Å². The summed E-state index contributed by atoms with van der Waals surface area (Å²) >= 11 is 6.37. The number of phenolic OH excluding ortho intramolecular Hbond substituents is 1. The maximum absolute atomic E-state index is 12.4. The lowest BCUT2D eigenvalue weighted by Crippen LogP contribution is -2.28. The SMILES string of the molecule is CCCCN1C(=O)/C(=C\c2cc(OC)c(O)c([N+](=O)[O-])c2)SC1=S. The Hall–Kier alpha value is -2.13. The van der Waals surface area contributed by atoms with Gasteiger partial charge in [-0.05, 0) is 24.1 Å². The zero-order valence-electron chi connectivity index (χ0n) is 13.1. The second-order valence-corrected chi connectivity index (χ2v) is 6.71. The lowest BCUT2D eigenvalue weighted by Gasteiger charge is -2.13. The number of rotatable bonds is 6. The molecule has 24 heavy (non-hydrogen) atoms. The second kappa shape index (κ2) is 7.63. The van der Waals surface area contributed by atoms with Gasteiger partial charge in [-0.3, -0.25) is 19.8 Å². The number of nitro groups is 1. The molecular weight excluding hydrogens is 352 g/mol. The smallest absolute Gasteiger partial charge is 0.315 e. The van der Waals surface area contributed by atoms with E-state index in [1.54, 1.807) is 0 Å². The summed E-state index contributed by atoms with van der Waals surface area (Å²) in [6, 6.07) is 2.62. The number of nitrogens with zero attached hydrogens (tertiary/aromatic N) is 2. The van der Waals surface area contributed by atoms with E-state index >= 15 is 0 Å². The number of phenols is 1. The molecule has 1 heterocycles. The molecule has 128 valence electrons. The number of carbonyl (C=O) groups excluding carboxylic acids is 1. The van der Waals surface area contributed by atoms with E-state index in [1.165, 1.54) is 30.2 Å². The molecule has 0 saturated carbocycles. The summed E-state index contributed by atoms with van der Waals surface area (Å²) in [7, 11) is 1.30. The van der Waals surface area contributed by atoms with Crippen LogP contribution < -0.4 is 4.74 Å². The summed E-state index contributed by atoms with van der Waals surface area (Å²) in [5.74, 6) is -0.791. The number of ether oxygens (including phenoxy) is 1. The normalized spacial score (nSPS) is 16.1. The largest absolute Gasteiger partial charge is 0.500 e. The Bertz CT molecular complexity index is 733. The number of thioether (sulfide) groups is 1. The summed E-state index contributed by atoms with van der Waals surface area (Å²) < 4.78 is 5.42. The molecule has 0 atom stereocenters. The van der Waals surface area contributed by atoms with Gasteiger partial charge in [0.25, 0.3) is 5.91 Å². The maximum Gasteiger partial charge on any atom is 0.315 e. The second-order valence-electron chi connectivity index (χ2n) is 5.03. The van der Waals surface area contributed by atoms with Crippen molar-refractivity contribution in [1.82, 2.24) is 4.90 Å². The first-order valence-corrected chi connectivity index (χ1v) is 8.42. The minimum atomic E-state index is -0.707. The van der Waals surface area contributed by atoms with Gasteiger partial charge in [-0.1, -0.05) is 37.3 Å². The van der Waals surface area contributed by atoms with Gasteiger partial charge in [0.15, 0.2) is 5.75 Å². The molecule has 0 unspecified atom stereocenters. The van der Waals surface area contributed by atoms with E-state index < -0.39 is 16.4 Å². The van der Waals surface area contributed by atoms with Crippen molar-refractivity contribution in [3.8, 4) is 11.5 Å². The third-order valence-electron chi connectivity index (χ3n) is 3.40. The predicted octanol–water partition coefficient (Wildman–Crippen LogP) is 3.31. The van der Waals surface area contributed by atoms with Crippen LogP contribution in [0.4, 0.5) is 5.69 Å². The minimum Gasteiger partial charge on any atom is -0.500 e. The molecule has 1 aromatic carbocycles. The zero-order chi connectivity index (χ0) is 17.9. The number of thiocarbonyl (C=S) groups is 1. The van der Waals surface area contributed by atoms with Crippen LogP contribution in [0.2, 0.25) is 0 Å².